The lowest BCUT2D eigenvalue weighted by atomic mass is 9.86. The fourth-order valence-electron chi connectivity index (χ4n) is 6.10. The molecule has 238 valence electrons. The van der Waals surface area contributed by atoms with Crippen molar-refractivity contribution in [3.8, 4) is 0 Å². The molecule has 1 heterocycles. The van der Waals surface area contributed by atoms with E-state index in [2.05, 4.69) is 36.1 Å². The summed E-state index contributed by atoms with van der Waals surface area (Å²) in [6.07, 6.45) is 26.2. The number of allylic oxidation sites excluding steroid dienone is 4. The van der Waals surface area contributed by atoms with Gasteiger partial charge in [-0.25, -0.2) is 0 Å². The van der Waals surface area contributed by atoms with E-state index in [-0.39, 0.29) is 10.8 Å². The van der Waals surface area contributed by atoms with Crippen LogP contribution in [-0.2, 0) is 4.79 Å². The van der Waals surface area contributed by atoms with Crippen LogP contribution in [0.4, 0.5) is 5.69 Å². The topological polar surface area (TPSA) is 86.9 Å². The van der Waals surface area contributed by atoms with E-state index in [4.69, 9.17) is 0 Å². The second kappa shape index (κ2) is 19.4. The molecule has 1 aliphatic carbocycles. The summed E-state index contributed by atoms with van der Waals surface area (Å²) < 4.78 is 0. The first-order valence-corrected chi connectivity index (χ1v) is 16.9. The number of amides is 1. The van der Waals surface area contributed by atoms with Crippen LogP contribution in [0, 0.1) is 16.0 Å². The van der Waals surface area contributed by atoms with Crippen molar-refractivity contribution in [3.63, 3.8) is 0 Å². The van der Waals surface area contributed by atoms with E-state index in [9.17, 15) is 20.0 Å². The highest BCUT2D eigenvalue weighted by Crippen LogP contribution is 2.30. The zero-order valence-corrected chi connectivity index (χ0v) is 26.7. The molecule has 7 nitrogen and oxygen atoms in total. The van der Waals surface area contributed by atoms with E-state index in [1.807, 2.05) is 23.1 Å². The standard InChI is InChI=1S/C36H55N3O4/c1-3-4-5-6-7-8-9-10-11-12-13-14-15-16-17-18-36(41)38-27-25-37(26-28-38)33-22-19-31(20-23-33)32-21-24-35(39(42)43)34(29-32)30(2)40/h10-11,19-24,29-30,34-35,40H,3-9,12-18,25-28H2,1-2H3/b11-10-. The number of aliphatic hydroxyl groups excluding tert-OH is 1. The molecule has 1 aromatic carbocycles. The average molecular weight is 594 g/mol. The molecule has 1 aromatic rings. The van der Waals surface area contributed by atoms with Crippen LogP contribution in [0.15, 0.2) is 54.6 Å². The van der Waals surface area contributed by atoms with E-state index < -0.39 is 18.1 Å². The van der Waals surface area contributed by atoms with Crippen LogP contribution in [0.25, 0.3) is 5.57 Å². The molecule has 1 amide bonds. The molecule has 0 radical (unpaired) electrons. The molecule has 7 heteroatoms. The normalized spacial score (nSPS) is 19.6. The van der Waals surface area contributed by atoms with Gasteiger partial charge in [0.1, 0.15) is 0 Å². The monoisotopic (exact) mass is 593 g/mol. The predicted molar refractivity (Wildman–Crippen MR) is 178 cm³/mol. The Morgan fingerprint density at radius 1 is 0.930 bits per heavy atom. The Morgan fingerprint density at radius 3 is 2.09 bits per heavy atom. The first kappa shape index (κ1) is 34.6. The summed E-state index contributed by atoms with van der Waals surface area (Å²) in [6, 6.07) is 7.30. The Kier molecular flexibility index (Phi) is 15.6. The molecule has 3 atom stereocenters. The van der Waals surface area contributed by atoms with Crippen LogP contribution in [0.1, 0.15) is 109 Å². The number of rotatable bonds is 19. The van der Waals surface area contributed by atoms with Gasteiger partial charge in [0.2, 0.25) is 11.9 Å². The van der Waals surface area contributed by atoms with Gasteiger partial charge in [-0.05, 0) is 68.4 Å². The molecule has 3 unspecified atom stereocenters. The third-order valence-electron chi connectivity index (χ3n) is 8.89. The Labute approximate surface area is 259 Å². The number of unbranched alkanes of at least 4 members (excludes halogenated alkanes) is 11. The number of nitro groups is 1. The van der Waals surface area contributed by atoms with Crippen molar-refractivity contribution >= 4 is 17.2 Å². The molecule has 1 N–H and O–H groups in total. The summed E-state index contributed by atoms with van der Waals surface area (Å²) >= 11 is 0. The van der Waals surface area contributed by atoms with Gasteiger partial charge in [0.25, 0.3) is 0 Å². The Hall–Kier alpha value is -2.93. The molecule has 0 aromatic heterocycles. The highest BCUT2D eigenvalue weighted by Gasteiger charge is 2.33. The minimum Gasteiger partial charge on any atom is -0.393 e. The summed E-state index contributed by atoms with van der Waals surface area (Å²) in [4.78, 5) is 28.1. The van der Waals surface area contributed by atoms with Gasteiger partial charge in [0, 0.05) is 43.2 Å². The van der Waals surface area contributed by atoms with Crippen LogP contribution in [0.3, 0.4) is 0 Å². The van der Waals surface area contributed by atoms with Gasteiger partial charge in [-0.3, -0.25) is 14.9 Å². The second-order valence-electron chi connectivity index (χ2n) is 12.3. The first-order valence-electron chi connectivity index (χ1n) is 16.9. The summed E-state index contributed by atoms with van der Waals surface area (Å²) in [6.45, 7) is 6.99. The number of piperazine rings is 1. The zero-order chi connectivity index (χ0) is 30.9. The van der Waals surface area contributed by atoms with Crippen LogP contribution < -0.4 is 4.90 Å². The number of benzene rings is 1. The number of aliphatic hydroxyl groups is 1. The largest absolute Gasteiger partial charge is 0.393 e. The van der Waals surface area contributed by atoms with Crippen LogP contribution in [0.5, 0.6) is 0 Å². The summed E-state index contributed by atoms with van der Waals surface area (Å²) in [5.41, 5.74) is 2.98. The molecule has 0 bridgehead atoms. The molecular formula is C36H55N3O4. The van der Waals surface area contributed by atoms with E-state index >= 15 is 0 Å². The SMILES string of the molecule is CCCCCCCC/C=C\CCCCCCCC(=O)N1CCN(c2ccc(C3=CC(C(C)O)C([N+](=O)[O-])C=C3)cc2)CC1. The van der Waals surface area contributed by atoms with Crippen molar-refractivity contribution in [1.82, 2.24) is 4.90 Å². The zero-order valence-electron chi connectivity index (χ0n) is 26.7. The van der Waals surface area contributed by atoms with Gasteiger partial charge in [-0.15, -0.1) is 0 Å². The second-order valence-corrected chi connectivity index (χ2v) is 12.3. The molecule has 3 rings (SSSR count). The fraction of sp³-hybridized carbons (Fsp3) is 0.639. The van der Waals surface area contributed by atoms with Gasteiger partial charge in [0.15, 0.2) is 0 Å². The van der Waals surface area contributed by atoms with E-state index in [0.717, 1.165) is 55.8 Å². The summed E-state index contributed by atoms with van der Waals surface area (Å²) in [7, 11) is 0. The third kappa shape index (κ3) is 11.9. The van der Waals surface area contributed by atoms with Crippen LogP contribution >= 0.6 is 0 Å². The van der Waals surface area contributed by atoms with Crippen LogP contribution in [0.2, 0.25) is 0 Å². The van der Waals surface area contributed by atoms with E-state index in [1.54, 1.807) is 19.1 Å². The predicted octanol–water partition coefficient (Wildman–Crippen LogP) is 7.97. The number of carbonyl (C=O) groups excluding carboxylic acids is 1. The van der Waals surface area contributed by atoms with Gasteiger partial charge >= 0.3 is 0 Å². The fourth-order valence-corrected chi connectivity index (χ4v) is 6.10. The van der Waals surface area contributed by atoms with Crippen molar-refractivity contribution in [3.05, 3.63) is 70.3 Å². The molecule has 0 saturated carbocycles. The van der Waals surface area contributed by atoms with E-state index in [0.29, 0.717) is 6.42 Å². The number of anilines is 1. The van der Waals surface area contributed by atoms with Crippen molar-refractivity contribution in [1.29, 1.82) is 0 Å². The molecule has 0 spiro atoms. The maximum atomic E-state index is 12.8. The van der Waals surface area contributed by atoms with Gasteiger partial charge < -0.3 is 14.9 Å². The number of nitrogens with zero attached hydrogens (tertiary/aromatic N) is 3. The molecule has 1 saturated heterocycles. The summed E-state index contributed by atoms with van der Waals surface area (Å²) in [5, 5.41) is 21.4. The van der Waals surface area contributed by atoms with Gasteiger partial charge in [-0.1, -0.05) is 94.7 Å². The minimum absolute atomic E-state index is 0.282. The Balaban J connectivity index is 1.27. The maximum Gasteiger partial charge on any atom is 0.240 e. The van der Waals surface area contributed by atoms with E-state index in [1.165, 1.54) is 70.6 Å². The lowest BCUT2D eigenvalue weighted by Gasteiger charge is -2.36. The number of hydrogen-bond donors (Lipinski definition) is 1. The smallest absolute Gasteiger partial charge is 0.240 e. The quantitative estimate of drug-likeness (QED) is 0.0761. The van der Waals surface area contributed by atoms with Gasteiger partial charge in [-0.2, -0.15) is 0 Å². The lowest BCUT2D eigenvalue weighted by Crippen LogP contribution is -2.48. The third-order valence-corrected chi connectivity index (χ3v) is 8.89. The Bertz CT molecular complexity index is 1050. The average Bonchev–Trinajstić information content (AvgIpc) is 3.02. The molecule has 1 aliphatic heterocycles. The Morgan fingerprint density at radius 2 is 1.51 bits per heavy atom. The molecule has 2 aliphatic rings. The highest BCUT2D eigenvalue weighted by molar-refractivity contribution is 5.77. The van der Waals surface area contributed by atoms with Crippen molar-refractivity contribution in [2.45, 2.75) is 116 Å². The summed E-state index contributed by atoms with van der Waals surface area (Å²) in [5.74, 6) is -0.267. The molecular weight excluding hydrogens is 538 g/mol. The number of hydrogen-bond acceptors (Lipinski definition) is 5. The number of carbonyl (C=O) groups is 1. The first-order chi connectivity index (χ1) is 20.9. The highest BCUT2D eigenvalue weighted by atomic mass is 16.6. The van der Waals surface area contributed by atoms with Crippen molar-refractivity contribution in [2.24, 2.45) is 5.92 Å². The molecule has 1 fully saturated rings. The van der Waals surface area contributed by atoms with Crippen LogP contribution in [-0.4, -0.2) is 59.2 Å². The molecule has 43 heavy (non-hydrogen) atoms. The van der Waals surface area contributed by atoms with Crippen molar-refractivity contribution < 1.29 is 14.8 Å². The minimum atomic E-state index is -0.904. The van der Waals surface area contributed by atoms with Gasteiger partial charge in [0.05, 0.1) is 12.0 Å². The maximum absolute atomic E-state index is 12.8. The van der Waals surface area contributed by atoms with Crippen molar-refractivity contribution in [2.75, 3.05) is 31.1 Å². The lowest BCUT2D eigenvalue weighted by molar-refractivity contribution is -0.518.